The molecule has 30 heavy (non-hydrogen) atoms. The van der Waals surface area contributed by atoms with Crippen molar-refractivity contribution < 1.29 is 25.9 Å². The van der Waals surface area contributed by atoms with Gasteiger partial charge in [-0.1, -0.05) is 27.7 Å². The highest BCUT2D eigenvalue weighted by molar-refractivity contribution is 5.76. The predicted molar refractivity (Wildman–Crippen MR) is 118 cm³/mol. The first-order chi connectivity index (χ1) is 16.0. The van der Waals surface area contributed by atoms with Crippen LogP contribution in [0.25, 0.3) is 0 Å². The number of esters is 1. The van der Waals surface area contributed by atoms with Crippen molar-refractivity contribution in [2.45, 2.75) is 65.1 Å². The highest BCUT2D eigenvalue weighted by Gasteiger charge is 2.41. The van der Waals surface area contributed by atoms with Crippen molar-refractivity contribution in [1.82, 2.24) is 4.90 Å². The number of nitrogens with two attached hydrogens (primary N) is 1. The van der Waals surface area contributed by atoms with Gasteiger partial charge in [-0.25, -0.2) is 0 Å². The average molecular weight is 424 g/mol. The molecule has 6 heteroatoms. The number of ether oxygens (including phenoxy) is 3. The van der Waals surface area contributed by atoms with Crippen molar-refractivity contribution in [1.29, 1.82) is 0 Å². The molecule has 1 fully saturated rings. The summed E-state index contributed by atoms with van der Waals surface area (Å²) in [5, 5.41) is 0. The van der Waals surface area contributed by atoms with Crippen LogP contribution in [-0.2, 0) is 16.0 Å². The maximum absolute atomic E-state index is 12.8. The first-order valence-electron chi connectivity index (χ1n) is 13.2. The first-order valence-corrected chi connectivity index (χ1v) is 10.7. The lowest BCUT2D eigenvalue weighted by molar-refractivity contribution is -0.160. The zero-order chi connectivity index (χ0) is 26.3. The van der Waals surface area contributed by atoms with E-state index in [1.54, 1.807) is 26.0 Å². The number of rotatable bonds is 7. The van der Waals surface area contributed by atoms with Gasteiger partial charge in [0.1, 0.15) is 12.1 Å². The quantitative estimate of drug-likeness (QED) is 0.676. The molecule has 168 valence electrons. The molecule has 2 aliphatic rings. The van der Waals surface area contributed by atoms with Gasteiger partial charge < -0.3 is 19.9 Å². The molecule has 0 amide bonds. The lowest BCUT2D eigenvalue weighted by Crippen LogP contribution is -2.51. The number of piperidine rings is 1. The van der Waals surface area contributed by atoms with E-state index >= 15 is 0 Å². The minimum absolute atomic E-state index is 0.0279. The van der Waals surface area contributed by atoms with E-state index in [-0.39, 0.29) is 23.8 Å². The molecule has 2 heterocycles. The molecule has 0 radical (unpaired) electrons. The monoisotopic (exact) mass is 423 g/mol. The summed E-state index contributed by atoms with van der Waals surface area (Å²) in [6.07, 6.45) is 1.15. The Morgan fingerprint density at radius 2 is 2.07 bits per heavy atom. The topological polar surface area (TPSA) is 74.0 Å². The molecule has 0 aliphatic carbocycles. The molecular weight excluding hydrogens is 380 g/mol. The third kappa shape index (κ3) is 4.75. The maximum atomic E-state index is 12.8. The number of methoxy groups -OCH3 is 2. The fourth-order valence-corrected chi connectivity index (χ4v) is 4.50. The minimum Gasteiger partial charge on any atom is -0.493 e. The van der Waals surface area contributed by atoms with E-state index in [1.165, 1.54) is 7.11 Å². The summed E-state index contributed by atoms with van der Waals surface area (Å²) < 4.78 is 56.5. The van der Waals surface area contributed by atoms with E-state index in [0.29, 0.717) is 31.0 Å². The normalized spacial score (nSPS) is 30.6. The Labute approximate surface area is 188 Å². The summed E-state index contributed by atoms with van der Waals surface area (Å²) in [6.45, 7) is 8.56. The molecule has 3 rings (SSSR count). The number of carbonyl (C=O) groups is 1. The van der Waals surface area contributed by atoms with Gasteiger partial charge in [0, 0.05) is 32.8 Å². The van der Waals surface area contributed by atoms with E-state index < -0.39 is 37.1 Å². The lowest BCUT2D eigenvalue weighted by Gasteiger charge is -2.47. The van der Waals surface area contributed by atoms with Crippen LogP contribution in [0.5, 0.6) is 11.5 Å². The fourth-order valence-electron chi connectivity index (χ4n) is 4.50. The number of benzene rings is 1. The van der Waals surface area contributed by atoms with Crippen LogP contribution in [-0.4, -0.2) is 50.3 Å². The van der Waals surface area contributed by atoms with Crippen molar-refractivity contribution in [3.63, 3.8) is 0 Å². The highest BCUT2D eigenvalue weighted by Crippen LogP contribution is 2.44. The van der Waals surface area contributed by atoms with E-state index in [9.17, 15) is 6.17 Å². The lowest BCUT2D eigenvalue weighted by atomic mass is 9.79. The van der Waals surface area contributed by atoms with Crippen LogP contribution in [0.4, 0.5) is 0 Å². The standard InChI is InChI=1S/C24H38N2O4/c1-14(2)9-17-13-26-8-7-16-10-21(28-5)22(29-6)11-18(16)19(26)12-20(17)30-24(27)23(25)15(3)4/h10-11,14-15,17,19-20,23H,7-9,12-13,25H2,1-6H3/t17?,19?,20?,23-/m0/s1/i5D3,15D,19D. The summed E-state index contributed by atoms with van der Waals surface area (Å²) >= 11 is 0. The summed E-state index contributed by atoms with van der Waals surface area (Å²) in [4.78, 5) is 14.9. The van der Waals surface area contributed by atoms with Crippen molar-refractivity contribution in [2.24, 2.45) is 23.5 Å². The number of carbonyl (C=O) groups excluding carboxylic acids is 1. The highest BCUT2D eigenvalue weighted by atomic mass is 16.5. The molecule has 2 aliphatic heterocycles. The second-order valence-electron chi connectivity index (χ2n) is 9.03. The zero-order valence-electron chi connectivity index (χ0n) is 23.7. The molecule has 2 N–H and O–H groups in total. The molecule has 0 bridgehead atoms. The van der Waals surface area contributed by atoms with Crippen LogP contribution < -0.4 is 15.2 Å². The molecule has 1 aromatic carbocycles. The predicted octanol–water partition coefficient (Wildman–Crippen LogP) is 3.56. The zero-order valence-corrected chi connectivity index (χ0v) is 18.7. The molecule has 6 nitrogen and oxygen atoms in total. The summed E-state index contributed by atoms with van der Waals surface area (Å²) in [5.74, 6) is -1.06. The Balaban J connectivity index is 1.97. The van der Waals surface area contributed by atoms with Gasteiger partial charge in [0.05, 0.1) is 19.6 Å². The van der Waals surface area contributed by atoms with Gasteiger partial charge in [-0.3, -0.25) is 9.69 Å². The van der Waals surface area contributed by atoms with Crippen LogP contribution in [0.3, 0.4) is 0 Å². The average Bonchev–Trinajstić information content (AvgIpc) is 2.71. The molecule has 0 saturated carbocycles. The summed E-state index contributed by atoms with van der Waals surface area (Å²) in [5.41, 5.74) is 7.51. The number of fused-ring (bicyclic) bond motifs is 3. The second kappa shape index (κ2) is 9.56. The van der Waals surface area contributed by atoms with Gasteiger partial charge in [-0.2, -0.15) is 0 Å². The number of hydrogen-bond donors (Lipinski definition) is 1. The van der Waals surface area contributed by atoms with Gasteiger partial charge in [0.2, 0.25) is 0 Å². The van der Waals surface area contributed by atoms with Crippen molar-refractivity contribution in [3.8, 4) is 11.5 Å². The first kappa shape index (κ1) is 16.8. The minimum atomic E-state index is -2.63. The van der Waals surface area contributed by atoms with Crippen LogP contribution in [0.2, 0.25) is 0 Å². The fraction of sp³-hybridized carbons (Fsp3) is 0.708. The van der Waals surface area contributed by atoms with E-state index in [2.05, 4.69) is 18.7 Å². The Hall–Kier alpha value is -1.79. The van der Waals surface area contributed by atoms with E-state index in [1.807, 2.05) is 0 Å². The van der Waals surface area contributed by atoms with Crippen molar-refractivity contribution >= 4 is 5.97 Å². The number of nitrogens with zero attached hydrogens (tertiary/aromatic N) is 1. The summed E-state index contributed by atoms with van der Waals surface area (Å²) in [7, 11) is -1.20. The van der Waals surface area contributed by atoms with Gasteiger partial charge in [-0.05, 0) is 47.9 Å². The van der Waals surface area contributed by atoms with Crippen LogP contribution in [0.1, 0.15) is 64.5 Å². The van der Waals surface area contributed by atoms with Gasteiger partial charge in [0.25, 0.3) is 0 Å². The van der Waals surface area contributed by atoms with Crippen LogP contribution in [0.15, 0.2) is 12.1 Å². The molecule has 1 saturated heterocycles. The van der Waals surface area contributed by atoms with Gasteiger partial charge in [0.15, 0.2) is 11.5 Å². The smallest absolute Gasteiger partial charge is 0.323 e. The van der Waals surface area contributed by atoms with Crippen molar-refractivity contribution in [3.05, 3.63) is 23.3 Å². The summed E-state index contributed by atoms with van der Waals surface area (Å²) in [6, 6.07) is 1.03. The Morgan fingerprint density at radius 3 is 2.70 bits per heavy atom. The molecule has 0 spiro atoms. The Bertz CT molecular complexity index is 934. The van der Waals surface area contributed by atoms with Gasteiger partial charge >= 0.3 is 5.97 Å². The van der Waals surface area contributed by atoms with Crippen LogP contribution >= 0.6 is 0 Å². The third-order valence-corrected chi connectivity index (χ3v) is 6.14. The van der Waals surface area contributed by atoms with Crippen LogP contribution in [0, 0.1) is 17.7 Å². The van der Waals surface area contributed by atoms with Gasteiger partial charge in [-0.15, -0.1) is 0 Å². The van der Waals surface area contributed by atoms with E-state index in [0.717, 1.165) is 12.0 Å². The second-order valence-corrected chi connectivity index (χ2v) is 9.03. The SMILES string of the molecule is [2H]C([2H])([2H])Oc1cc2c(cc1OC)C1([2H])CC(OC(=O)[C@@H](N)C([2H])(C)C)C(CC(C)C)CN1CC2. The third-order valence-electron chi connectivity index (χ3n) is 6.14. The molecule has 0 aromatic heterocycles. The van der Waals surface area contributed by atoms with E-state index in [4.69, 9.17) is 25.4 Å². The molecular formula is C24H38N2O4. The largest absolute Gasteiger partial charge is 0.493 e. The Morgan fingerprint density at radius 1 is 1.33 bits per heavy atom. The Kier molecular flexibility index (Phi) is 5.37. The molecule has 3 unspecified atom stereocenters. The maximum Gasteiger partial charge on any atom is 0.323 e. The van der Waals surface area contributed by atoms with Crippen molar-refractivity contribution in [2.75, 3.05) is 27.2 Å². The molecule has 1 aromatic rings. The molecule has 4 atom stereocenters. The number of hydrogen-bond acceptors (Lipinski definition) is 6.